The summed E-state index contributed by atoms with van der Waals surface area (Å²) in [6.45, 7) is 5.14. The van der Waals surface area contributed by atoms with Gasteiger partial charge >= 0.3 is 5.97 Å². The Kier molecular flexibility index (Phi) is 6.45. The number of esters is 1. The van der Waals surface area contributed by atoms with Crippen molar-refractivity contribution >= 4 is 16.9 Å². The Labute approximate surface area is 191 Å². The fraction of sp³-hybridized carbons (Fsp3) is 0.185. The summed E-state index contributed by atoms with van der Waals surface area (Å²) in [7, 11) is 0. The van der Waals surface area contributed by atoms with Crippen LogP contribution in [0, 0.1) is 0 Å². The molecule has 0 amide bonds. The first-order valence-electron chi connectivity index (χ1n) is 10.7. The zero-order valence-electron chi connectivity index (χ0n) is 18.6. The quantitative estimate of drug-likeness (QED) is 0.327. The molecule has 0 spiro atoms. The standard InChI is InChI=1S/C27H24O6/c1-17(2)31-27(29)18(3)32-22-13-14-23-24(15-22)30-16-25(26(23)28)33-21-11-9-20(10-12-21)19-7-5-4-6-8-19/h4-18H,1-3H3. The van der Waals surface area contributed by atoms with Crippen LogP contribution in [-0.2, 0) is 9.53 Å². The SMILES string of the molecule is CC(C)OC(=O)C(C)Oc1ccc2c(=O)c(Oc3ccc(-c4ccccc4)cc3)coc2c1. The molecule has 0 aliphatic rings. The van der Waals surface area contributed by atoms with Gasteiger partial charge in [-0.15, -0.1) is 0 Å². The van der Waals surface area contributed by atoms with E-state index in [9.17, 15) is 9.59 Å². The Hall–Kier alpha value is -4.06. The van der Waals surface area contributed by atoms with Gasteiger partial charge in [0.05, 0.1) is 11.5 Å². The van der Waals surface area contributed by atoms with Crippen molar-refractivity contribution < 1.29 is 23.4 Å². The smallest absolute Gasteiger partial charge is 0.347 e. The predicted octanol–water partition coefficient (Wildman–Crippen LogP) is 5.97. The van der Waals surface area contributed by atoms with Gasteiger partial charge in [-0.25, -0.2) is 4.79 Å². The zero-order valence-corrected chi connectivity index (χ0v) is 18.6. The summed E-state index contributed by atoms with van der Waals surface area (Å²) in [5, 5.41) is 0.346. The van der Waals surface area contributed by atoms with Crippen LogP contribution in [0.3, 0.4) is 0 Å². The Morgan fingerprint density at radius 3 is 2.21 bits per heavy atom. The molecule has 6 nitrogen and oxygen atoms in total. The number of fused-ring (bicyclic) bond motifs is 1. The molecule has 33 heavy (non-hydrogen) atoms. The number of carbonyl (C=O) groups excluding carboxylic acids is 1. The molecule has 168 valence electrons. The second kappa shape index (κ2) is 9.61. The van der Waals surface area contributed by atoms with Crippen LogP contribution < -0.4 is 14.9 Å². The van der Waals surface area contributed by atoms with Gasteiger partial charge in [0.2, 0.25) is 11.2 Å². The lowest BCUT2D eigenvalue weighted by molar-refractivity contribution is -0.154. The first-order chi connectivity index (χ1) is 15.9. The van der Waals surface area contributed by atoms with Crippen LogP contribution in [0.1, 0.15) is 20.8 Å². The molecule has 0 saturated carbocycles. The van der Waals surface area contributed by atoms with E-state index in [1.54, 1.807) is 51.1 Å². The minimum Gasteiger partial charge on any atom is -0.479 e. The summed E-state index contributed by atoms with van der Waals surface area (Å²) in [5.41, 5.74) is 2.17. The predicted molar refractivity (Wildman–Crippen MR) is 126 cm³/mol. The average molecular weight is 444 g/mol. The molecule has 1 atom stereocenters. The molecule has 1 heterocycles. The lowest BCUT2D eigenvalue weighted by atomic mass is 10.1. The lowest BCUT2D eigenvalue weighted by Gasteiger charge is -2.15. The molecule has 0 aliphatic carbocycles. The highest BCUT2D eigenvalue weighted by atomic mass is 16.6. The number of carbonyl (C=O) groups is 1. The number of rotatable bonds is 7. The first kappa shape index (κ1) is 22.1. The van der Waals surface area contributed by atoms with Crippen LogP contribution in [0.2, 0.25) is 0 Å². The van der Waals surface area contributed by atoms with Crippen LogP contribution in [0.4, 0.5) is 0 Å². The molecular weight excluding hydrogens is 420 g/mol. The molecule has 0 radical (unpaired) electrons. The van der Waals surface area contributed by atoms with Gasteiger partial charge in [0.1, 0.15) is 23.3 Å². The minimum atomic E-state index is -0.793. The third-order valence-corrected chi connectivity index (χ3v) is 4.90. The van der Waals surface area contributed by atoms with Gasteiger partial charge in [-0.05, 0) is 56.2 Å². The third-order valence-electron chi connectivity index (χ3n) is 4.90. The van der Waals surface area contributed by atoms with Crippen molar-refractivity contribution in [2.45, 2.75) is 33.0 Å². The van der Waals surface area contributed by atoms with Crippen molar-refractivity contribution in [3.8, 4) is 28.4 Å². The summed E-state index contributed by atoms with van der Waals surface area (Å²) in [5.74, 6) is 0.536. The molecule has 4 rings (SSSR count). The van der Waals surface area contributed by atoms with Crippen molar-refractivity contribution in [1.29, 1.82) is 0 Å². The summed E-state index contributed by atoms with van der Waals surface area (Å²) in [4.78, 5) is 24.8. The number of hydrogen-bond acceptors (Lipinski definition) is 6. The van der Waals surface area contributed by atoms with Gasteiger partial charge < -0.3 is 18.6 Å². The fourth-order valence-electron chi connectivity index (χ4n) is 3.29. The molecule has 6 heteroatoms. The monoisotopic (exact) mass is 444 g/mol. The van der Waals surface area contributed by atoms with E-state index in [2.05, 4.69) is 0 Å². The van der Waals surface area contributed by atoms with E-state index in [1.807, 2.05) is 42.5 Å². The van der Waals surface area contributed by atoms with E-state index in [1.165, 1.54) is 6.26 Å². The van der Waals surface area contributed by atoms with Crippen LogP contribution in [0.25, 0.3) is 22.1 Å². The summed E-state index contributed by atoms with van der Waals surface area (Å²) >= 11 is 0. The Balaban J connectivity index is 1.51. The highest BCUT2D eigenvalue weighted by Crippen LogP contribution is 2.27. The van der Waals surface area contributed by atoms with Crippen molar-refractivity contribution in [1.82, 2.24) is 0 Å². The maximum atomic E-state index is 12.9. The van der Waals surface area contributed by atoms with E-state index < -0.39 is 12.1 Å². The zero-order chi connectivity index (χ0) is 23.4. The minimum absolute atomic E-state index is 0.0810. The summed E-state index contributed by atoms with van der Waals surface area (Å²) in [6, 6.07) is 22.2. The normalized spacial score (nSPS) is 11.9. The molecule has 4 aromatic rings. The van der Waals surface area contributed by atoms with Gasteiger partial charge in [-0.3, -0.25) is 4.79 Å². The summed E-state index contributed by atoms with van der Waals surface area (Å²) in [6.07, 6.45) is 0.250. The third kappa shape index (κ3) is 5.23. The highest BCUT2D eigenvalue weighted by molar-refractivity contribution is 5.79. The molecule has 0 fully saturated rings. The molecule has 0 bridgehead atoms. The molecule has 0 N–H and O–H groups in total. The molecule has 0 saturated heterocycles. The van der Waals surface area contributed by atoms with Crippen LogP contribution in [0.15, 0.2) is 88.3 Å². The average Bonchev–Trinajstić information content (AvgIpc) is 2.81. The molecule has 1 unspecified atom stereocenters. The van der Waals surface area contributed by atoms with Gasteiger partial charge in [-0.2, -0.15) is 0 Å². The molecule has 3 aromatic carbocycles. The molecule has 1 aromatic heterocycles. The van der Waals surface area contributed by atoms with Crippen molar-refractivity contribution in [3.63, 3.8) is 0 Å². The number of hydrogen-bond donors (Lipinski definition) is 0. The second-order valence-electron chi connectivity index (χ2n) is 7.83. The van der Waals surface area contributed by atoms with Gasteiger partial charge in [0.25, 0.3) is 0 Å². The second-order valence-corrected chi connectivity index (χ2v) is 7.83. The van der Waals surface area contributed by atoms with Gasteiger partial charge in [0.15, 0.2) is 6.10 Å². The van der Waals surface area contributed by atoms with E-state index >= 15 is 0 Å². The van der Waals surface area contributed by atoms with Crippen molar-refractivity contribution in [2.75, 3.05) is 0 Å². The maximum Gasteiger partial charge on any atom is 0.347 e. The Morgan fingerprint density at radius 2 is 1.52 bits per heavy atom. The first-order valence-corrected chi connectivity index (χ1v) is 10.7. The lowest BCUT2D eigenvalue weighted by Crippen LogP contribution is -2.28. The van der Waals surface area contributed by atoms with Crippen LogP contribution in [-0.4, -0.2) is 18.2 Å². The Morgan fingerprint density at radius 1 is 0.848 bits per heavy atom. The van der Waals surface area contributed by atoms with Crippen LogP contribution in [0.5, 0.6) is 17.2 Å². The maximum absolute atomic E-state index is 12.9. The topological polar surface area (TPSA) is 75.0 Å². The largest absolute Gasteiger partial charge is 0.479 e. The number of ether oxygens (including phenoxy) is 3. The molecular formula is C27H24O6. The fourth-order valence-corrected chi connectivity index (χ4v) is 3.29. The van der Waals surface area contributed by atoms with Gasteiger partial charge in [0, 0.05) is 6.07 Å². The molecule has 0 aliphatic heterocycles. The summed E-state index contributed by atoms with van der Waals surface area (Å²) < 4.78 is 22.2. The van der Waals surface area contributed by atoms with E-state index in [-0.39, 0.29) is 17.3 Å². The number of benzene rings is 3. The van der Waals surface area contributed by atoms with E-state index in [0.29, 0.717) is 22.5 Å². The van der Waals surface area contributed by atoms with Crippen molar-refractivity contribution in [2.24, 2.45) is 0 Å². The van der Waals surface area contributed by atoms with Crippen molar-refractivity contribution in [3.05, 3.63) is 89.3 Å². The van der Waals surface area contributed by atoms with Crippen LogP contribution >= 0.6 is 0 Å². The Bertz CT molecular complexity index is 1310. The van der Waals surface area contributed by atoms with Gasteiger partial charge in [-0.1, -0.05) is 42.5 Å². The van der Waals surface area contributed by atoms with E-state index in [0.717, 1.165) is 11.1 Å². The van der Waals surface area contributed by atoms with E-state index in [4.69, 9.17) is 18.6 Å². The highest BCUT2D eigenvalue weighted by Gasteiger charge is 2.18.